The van der Waals surface area contributed by atoms with Gasteiger partial charge in [-0.05, 0) is 103 Å². The minimum absolute atomic E-state index is 0.113. The molecule has 4 saturated carbocycles. The van der Waals surface area contributed by atoms with Crippen molar-refractivity contribution < 1.29 is 28.4 Å². The van der Waals surface area contributed by atoms with Crippen molar-refractivity contribution in [2.24, 2.45) is 23.7 Å². The van der Waals surface area contributed by atoms with Crippen molar-refractivity contribution in [1.82, 2.24) is 24.7 Å². The van der Waals surface area contributed by atoms with E-state index in [1.54, 1.807) is 46.3 Å². The van der Waals surface area contributed by atoms with E-state index in [4.69, 9.17) is 19.9 Å². The maximum Gasteiger partial charge on any atom is 0.326 e. The third kappa shape index (κ3) is 6.77. The molecule has 0 amide bonds. The van der Waals surface area contributed by atoms with E-state index in [-0.39, 0.29) is 18.6 Å². The van der Waals surface area contributed by atoms with Crippen LogP contribution in [0.3, 0.4) is 0 Å². The Bertz CT molecular complexity index is 1370. The maximum atomic E-state index is 14.6. The van der Waals surface area contributed by atoms with E-state index in [1.165, 1.54) is 12.8 Å². The lowest BCUT2D eigenvalue weighted by molar-refractivity contribution is -0.155. The number of aromatic nitrogens is 3. The predicted molar refractivity (Wildman–Crippen MR) is 161 cm³/mol. The van der Waals surface area contributed by atoms with Gasteiger partial charge >= 0.3 is 11.9 Å². The number of nitrogens with two attached hydrogens (primary N) is 1. The van der Waals surface area contributed by atoms with Gasteiger partial charge in [-0.2, -0.15) is 0 Å². The highest BCUT2D eigenvalue weighted by Gasteiger charge is 2.50. The van der Waals surface area contributed by atoms with Crippen LogP contribution < -0.4 is 15.9 Å². The first kappa shape index (κ1) is 30.5. The van der Waals surface area contributed by atoms with Crippen LogP contribution in [-0.4, -0.2) is 62.2 Å². The van der Waals surface area contributed by atoms with Crippen LogP contribution in [0, 0.1) is 23.7 Å². The van der Waals surface area contributed by atoms with Crippen molar-refractivity contribution in [3.63, 3.8) is 0 Å². The number of rotatable bonds is 13. The number of carbonyl (C=O) groups excluding carboxylic acids is 2. The van der Waals surface area contributed by atoms with E-state index in [9.17, 15) is 14.2 Å². The van der Waals surface area contributed by atoms with Crippen molar-refractivity contribution in [3.8, 4) is 0 Å². The van der Waals surface area contributed by atoms with Crippen LogP contribution in [0.5, 0.6) is 0 Å². The lowest BCUT2D eigenvalue weighted by Gasteiger charge is -2.36. The Morgan fingerprint density at radius 3 is 1.98 bits per heavy atom. The molecule has 6 rings (SSSR count). The highest BCUT2D eigenvalue weighted by atomic mass is 31.2. The molecule has 0 bridgehead atoms. The second kappa shape index (κ2) is 11.1. The molecule has 12 nitrogen and oxygen atoms in total. The van der Waals surface area contributed by atoms with Gasteiger partial charge in [0.2, 0.25) is 7.44 Å². The van der Waals surface area contributed by atoms with Gasteiger partial charge in [-0.25, -0.2) is 20.1 Å². The maximum absolute atomic E-state index is 14.6. The Morgan fingerprint density at radius 2 is 1.47 bits per heavy atom. The molecule has 13 heteroatoms. The second-order valence-electron chi connectivity index (χ2n) is 14.3. The van der Waals surface area contributed by atoms with E-state index in [1.807, 2.05) is 11.5 Å². The molecule has 2 aromatic heterocycles. The number of nitrogens with zero attached hydrogens (tertiary/aromatic N) is 3. The smallest absolute Gasteiger partial charge is 0.326 e. The van der Waals surface area contributed by atoms with Gasteiger partial charge in [0.25, 0.3) is 0 Å². The minimum atomic E-state index is -3.75. The zero-order valence-corrected chi connectivity index (χ0v) is 26.6. The van der Waals surface area contributed by atoms with Gasteiger partial charge < -0.3 is 24.5 Å². The topological polar surface area (TPSA) is 160 Å². The quantitative estimate of drug-likeness (QED) is 0.221. The zero-order valence-electron chi connectivity index (χ0n) is 25.7. The fraction of sp³-hybridized carbons (Fsp3) is 0.733. The van der Waals surface area contributed by atoms with E-state index in [0.717, 1.165) is 25.7 Å². The van der Waals surface area contributed by atoms with Gasteiger partial charge in [0.05, 0.1) is 24.7 Å². The molecule has 4 aliphatic carbocycles. The van der Waals surface area contributed by atoms with E-state index in [2.05, 4.69) is 20.1 Å². The number of fused-ring (bicyclic) bond motifs is 3. The summed E-state index contributed by atoms with van der Waals surface area (Å²) in [5, 5.41) is 6.05. The van der Waals surface area contributed by atoms with Crippen LogP contribution in [0.4, 0.5) is 5.69 Å². The monoisotopic (exact) mass is 616 g/mol. The first-order valence-electron chi connectivity index (χ1n) is 15.5. The first-order chi connectivity index (χ1) is 20.2. The number of ether oxygens (including phenoxy) is 3. The van der Waals surface area contributed by atoms with Crippen molar-refractivity contribution in [1.29, 1.82) is 0 Å². The van der Waals surface area contributed by atoms with Crippen LogP contribution >= 0.6 is 7.44 Å². The highest BCUT2D eigenvalue weighted by Crippen LogP contribution is 2.54. The van der Waals surface area contributed by atoms with Gasteiger partial charge in [0, 0.05) is 6.20 Å². The summed E-state index contributed by atoms with van der Waals surface area (Å²) in [6, 6.07) is 1.69. The fourth-order valence-corrected chi connectivity index (χ4v) is 9.51. The van der Waals surface area contributed by atoms with Gasteiger partial charge in [0.1, 0.15) is 35.2 Å². The number of pyridine rings is 1. The molecule has 2 heterocycles. The Labute approximate surface area is 252 Å². The zero-order chi connectivity index (χ0) is 30.7. The van der Waals surface area contributed by atoms with E-state index >= 15 is 0 Å². The van der Waals surface area contributed by atoms with Crippen molar-refractivity contribution in [3.05, 3.63) is 18.6 Å². The van der Waals surface area contributed by atoms with Gasteiger partial charge in [-0.1, -0.05) is 0 Å². The Hall–Kier alpha value is -2.53. The molecule has 2 aromatic rings. The molecule has 0 aromatic carbocycles. The summed E-state index contributed by atoms with van der Waals surface area (Å²) in [5.74, 6) is 1.68. The number of hydrogen-bond acceptors (Lipinski definition) is 9. The average Bonchev–Trinajstić information content (AvgIpc) is 3.65. The number of nitrogens with one attached hydrogen (secondary N) is 2. The van der Waals surface area contributed by atoms with Crippen molar-refractivity contribution >= 4 is 36.2 Å². The Morgan fingerprint density at radius 1 is 0.953 bits per heavy atom. The summed E-state index contributed by atoms with van der Waals surface area (Å²) in [6.45, 7) is 8.80. The first-order valence-corrected chi connectivity index (χ1v) is 17.4. The fourth-order valence-electron chi connectivity index (χ4n) is 6.87. The lowest BCUT2D eigenvalue weighted by Crippen LogP contribution is -2.54. The summed E-state index contributed by atoms with van der Waals surface area (Å²) in [6.07, 6.45) is 8.30. The highest BCUT2D eigenvalue weighted by molar-refractivity contribution is 7.59. The molecule has 0 saturated heterocycles. The number of imidazole rings is 1. The SMILES string of the molecule is C[C@H](Cn1cnc2c(N)ccnc21)OCP(=O)(NC(C)(C)C(=O)O[C@@H]1C[C@@H]2C[C@@H]2C1)NC(C)(C)C(=O)O[C@@H]1C[C@@H]2C[C@@H]2C1. The molecule has 236 valence electrons. The van der Waals surface area contributed by atoms with Crippen LogP contribution in [0.2, 0.25) is 0 Å². The number of carbonyl (C=O) groups is 2. The standard InChI is InChI=1S/C30H45N6O6P/c1-17(14-36-15-33-25-24(31)6-7-32-26(25)36)40-16-43(39,34-29(2,3)27(37)41-22-10-18-8-19(18)11-22)35-30(4,5)28(38)42-23-12-20-9-21(20)13-23/h6-7,15,17-23H,8-14,16H2,1-5H3,(H2,31,32)(H2,34,35,39)/t17-,18-,19+,20-,21+,22+,23+/m1/s1. The lowest BCUT2D eigenvalue weighted by atomic mass is 10.1. The molecule has 0 unspecified atom stereocenters. The van der Waals surface area contributed by atoms with Gasteiger partial charge in [0.15, 0.2) is 5.65 Å². The van der Waals surface area contributed by atoms with Crippen LogP contribution in [0.1, 0.15) is 73.1 Å². The minimum Gasteiger partial charge on any atom is -0.461 e. The summed E-state index contributed by atoms with van der Waals surface area (Å²) < 4.78 is 34.2. The molecule has 4 fully saturated rings. The Balaban J connectivity index is 1.13. The summed E-state index contributed by atoms with van der Waals surface area (Å²) in [4.78, 5) is 35.3. The number of hydrogen-bond donors (Lipinski definition) is 3. The van der Waals surface area contributed by atoms with Crippen LogP contribution in [0.15, 0.2) is 18.6 Å². The van der Waals surface area contributed by atoms with Crippen molar-refractivity contribution in [2.45, 2.75) is 109 Å². The molecular formula is C30H45N6O6P. The Kier molecular flexibility index (Phi) is 7.89. The molecule has 7 atom stereocenters. The van der Waals surface area contributed by atoms with Gasteiger partial charge in [-0.3, -0.25) is 14.2 Å². The molecule has 0 radical (unpaired) electrons. The molecule has 0 spiro atoms. The molecule has 4 N–H and O–H groups in total. The predicted octanol–water partition coefficient (Wildman–Crippen LogP) is 3.99. The van der Waals surface area contributed by atoms with Crippen LogP contribution in [0.25, 0.3) is 11.2 Å². The van der Waals surface area contributed by atoms with Crippen LogP contribution in [-0.2, 0) is 34.9 Å². The van der Waals surface area contributed by atoms with Gasteiger partial charge in [-0.15, -0.1) is 0 Å². The number of nitrogen functional groups attached to an aromatic ring is 1. The number of anilines is 1. The van der Waals surface area contributed by atoms with E-state index in [0.29, 0.717) is 47.1 Å². The largest absolute Gasteiger partial charge is 0.461 e. The van der Waals surface area contributed by atoms with E-state index < -0.39 is 36.6 Å². The molecule has 43 heavy (non-hydrogen) atoms. The third-order valence-electron chi connectivity index (χ3n) is 9.42. The van der Waals surface area contributed by atoms with Crippen molar-refractivity contribution in [2.75, 3.05) is 12.1 Å². The molecule has 4 aliphatic rings. The molecular weight excluding hydrogens is 571 g/mol. The average molecular weight is 617 g/mol. The molecule has 0 aliphatic heterocycles. The normalized spacial score (nSPS) is 28.8. The summed E-state index contributed by atoms with van der Waals surface area (Å²) >= 11 is 0. The number of esters is 2. The summed E-state index contributed by atoms with van der Waals surface area (Å²) in [7, 11) is -3.75. The second-order valence-corrected chi connectivity index (χ2v) is 16.5. The summed E-state index contributed by atoms with van der Waals surface area (Å²) in [5.41, 5.74) is 5.16. The third-order valence-corrected chi connectivity index (χ3v) is 11.8.